The number of nitrogens with one attached hydrogen (secondary N) is 1. The molecule has 0 unspecified atom stereocenters. The number of hydrogen-bond donors (Lipinski definition) is 1. The van der Waals surface area contributed by atoms with Crippen LogP contribution in [0.4, 0.5) is 4.39 Å². The smallest absolute Gasteiger partial charge is 0.123 e. The third-order valence-electron chi connectivity index (χ3n) is 5.92. The Hall–Kier alpha value is -2.76. The van der Waals surface area contributed by atoms with Crippen molar-refractivity contribution in [3.8, 4) is 5.75 Å². The second-order valence-corrected chi connectivity index (χ2v) is 8.09. The molecule has 1 saturated heterocycles. The molecule has 4 rings (SSSR count). The lowest BCUT2D eigenvalue weighted by molar-refractivity contribution is 0.153. The molecule has 1 aliphatic rings. The first-order valence-electron chi connectivity index (χ1n) is 11.1. The largest absolute Gasteiger partial charge is 0.492 e. The van der Waals surface area contributed by atoms with Gasteiger partial charge in [-0.3, -0.25) is 9.88 Å². The number of likely N-dealkylation sites (tertiary alicyclic amines) is 1. The number of piperidine rings is 1. The molecule has 4 nitrogen and oxygen atoms in total. The Labute approximate surface area is 184 Å². The molecular formula is C26H30FN3O. The second-order valence-electron chi connectivity index (χ2n) is 8.09. The van der Waals surface area contributed by atoms with E-state index in [1.54, 1.807) is 0 Å². The van der Waals surface area contributed by atoms with E-state index in [1.807, 2.05) is 66.9 Å². The van der Waals surface area contributed by atoms with Crippen LogP contribution in [0.15, 0.2) is 79.0 Å². The van der Waals surface area contributed by atoms with Crippen LogP contribution < -0.4 is 10.1 Å². The number of nitrogens with zero attached hydrogens (tertiary/aromatic N) is 2. The van der Waals surface area contributed by atoms with Gasteiger partial charge in [0.2, 0.25) is 0 Å². The van der Waals surface area contributed by atoms with Crippen LogP contribution in [0, 0.1) is 11.7 Å². The highest BCUT2D eigenvalue weighted by molar-refractivity contribution is 5.28. The van der Waals surface area contributed by atoms with Gasteiger partial charge in [0, 0.05) is 12.7 Å². The molecule has 0 amide bonds. The van der Waals surface area contributed by atoms with Crippen molar-refractivity contribution in [2.75, 3.05) is 32.8 Å². The molecule has 1 aromatic heterocycles. The molecule has 31 heavy (non-hydrogen) atoms. The molecule has 3 aromatic rings. The SMILES string of the molecule is Fc1ccc([C@@H](NCC2CCN(CCOc3ccccc3)CC2)c2ccccn2)cc1. The minimum absolute atomic E-state index is 0.0286. The van der Waals surface area contributed by atoms with Crippen molar-refractivity contribution in [2.24, 2.45) is 5.92 Å². The van der Waals surface area contributed by atoms with Crippen molar-refractivity contribution in [1.82, 2.24) is 15.2 Å². The molecule has 1 atom stereocenters. The maximum Gasteiger partial charge on any atom is 0.123 e. The molecule has 162 valence electrons. The molecule has 0 aliphatic carbocycles. The summed E-state index contributed by atoms with van der Waals surface area (Å²) in [6, 6.07) is 22.6. The van der Waals surface area contributed by atoms with Gasteiger partial charge >= 0.3 is 0 Å². The highest BCUT2D eigenvalue weighted by atomic mass is 19.1. The van der Waals surface area contributed by atoms with E-state index in [0.29, 0.717) is 5.92 Å². The summed E-state index contributed by atoms with van der Waals surface area (Å²) in [6.45, 7) is 4.79. The van der Waals surface area contributed by atoms with E-state index in [4.69, 9.17) is 4.74 Å². The molecule has 0 bridgehead atoms. The predicted molar refractivity (Wildman–Crippen MR) is 122 cm³/mol. The van der Waals surface area contributed by atoms with Crippen LogP contribution in [0.3, 0.4) is 0 Å². The average Bonchev–Trinajstić information content (AvgIpc) is 2.83. The van der Waals surface area contributed by atoms with E-state index in [9.17, 15) is 4.39 Å². The number of pyridine rings is 1. The fraction of sp³-hybridized carbons (Fsp3) is 0.346. The topological polar surface area (TPSA) is 37.4 Å². The molecule has 2 heterocycles. The van der Waals surface area contributed by atoms with Gasteiger partial charge in [-0.05, 0) is 80.4 Å². The third-order valence-corrected chi connectivity index (χ3v) is 5.92. The zero-order valence-corrected chi connectivity index (χ0v) is 17.8. The molecule has 0 spiro atoms. The fourth-order valence-corrected chi connectivity index (χ4v) is 4.10. The summed E-state index contributed by atoms with van der Waals surface area (Å²) in [5.74, 6) is 1.34. The summed E-state index contributed by atoms with van der Waals surface area (Å²) in [5, 5.41) is 3.69. The Balaban J connectivity index is 1.25. The maximum absolute atomic E-state index is 13.4. The van der Waals surface area contributed by atoms with E-state index in [1.165, 1.54) is 12.1 Å². The highest BCUT2D eigenvalue weighted by Gasteiger charge is 2.22. The van der Waals surface area contributed by atoms with Crippen LogP contribution in [0.2, 0.25) is 0 Å². The Bertz CT molecular complexity index is 897. The summed E-state index contributed by atoms with van der Waals surface area (Å²) in [7, 11) is 0. The van der Waals surface area contributed by atoms with E-state index in [0.717, 1.165) is 62.6 Å². The number of para-hydroxylation sites is 1. The summed E-state index contributed by atoms with van der Waals surface area (Å²) in [6.07, 6.45) is 4.14. The number of hydrogen-bond acceptors (Lipinski definition) is 4. The molecule has 1 fully saturated rings. The summed E-state index contributed by atoms with van der Waals surface area (Å²) in [4.78, 5) is 7.02. The third kappa shape index (κ3) is 6.36. The summed E-state index contributed by atoms with van der Waals surface area (Å²) in [5.41, 5.74) is 2.00. The number of aromatic nitrogens is 1. The minimum Gasteiger partial charge on any atom is -0.492 e. The van der Waals surface area contributed by atoms with Crippen molar-refractivity contribution < 1.29 is 9.13 Å². The normalized spacial score (nSPS) is 16.2. The average molecular weight is 420 g/mol. The lowest BCUT2D eigenvalue weighted by atomic mass is 9.95. The zero-order chi connectivity index (χ0) is 21.3. The van der Waals surface area contributed by atoms with Crippen LogP contribution >= 0.6 is 0 Å². The van der Waals surface area contributed by atoms with Crippen LogP contribution in [-0.2, 0) is 0 Å². The van der Waals surface area contributed by atoms with Gasteiger partial charge in [0.1, 0.15) is 18.2 Å². The quantitative estimate of drug-likeness (QED) is 0.546. The lowest BCUT2D eigenvalue weighted by Gasteiger charge is -2.33. The minimum atomic E-state index is -0.216. The summed E-state index contributed by atoms with van der Waals surface area (Å²) < 4.78 is 19.2. The van der Waals surface area contributed by atoms with Gasteiger partial charge < -0.3 is 10.1 Å². The zero-order valence-electron chi connectivity index (χ0n) is 17.8. The van der Waals surface area contributed by atoms with Gasteiger partial charge in [0.25, 0.3) is 0 Å². The summed E-state index contributed by atoms with van der Waals surface area (Å²) >= 11 is 0. The Kier molecular flexibility index (Phi) is 7.64. The molecule has 0 radical (unpaired) electrons. The molecule has 5 heteroatoms. The van der Waals surface area contributed by atoms with Gasteiger partial charge in [0.15, 0.2) is 0 Å². The van der Waals surface area contributed by atoms with E-state index in [2.05, 4.69) is 15.2 Å². The second kappa shape index (κ2) is 11.0. The van der Waals surface area contributed by atoms with Crippen molar-refractivity contribution in [3.05, 3.63) is 96.1 Å². The van der Waals surface area contributed by atoms with Gasteiger partial charge in [-0.25, -0.2) is 4.39 Å². The van der Waals surface area contributed by atoms with E-state index >= 15 is 0 Å². The highest BCUT2D eigenvalue weighted by Crippen LogP contribution is 2.23. The first kappa shape index (κ1) is 21.5. The lowest BCUT2D eigenvalue weighted by Crippen LogP contribution is -2.40. The molecule has 1 aliphatic heterocycles. The van der Waals surface area contributed by atoms with E-state index < -0.39 is 0 Å². The Morgan fingerprint density at radius 2 is 1.71 bits per heavy atom. The van der Waals surface area contributed by atoms with Gasteiger partial charge in [0.05, 0.1) is 11.7 Å². The number of rotatable bonds is 9. The van der Waals surface area contributed by atoms with E-state index in [-0.39, 0.29) is 11.9 Å². The predicted octanol–water partition coefficient (Wildman–Crippen LogP) is 4.69. The molecule has 0 saturated carbocycles. The first-order valence-corrected chi connectivity index (χ1v) is 11.1. The van der Waals surface area contributed by atoms with Gasteiger partial charge in [-0.15, -0.1) is 0 Å². The number of ether oxygens (including phenoxy) is 1. The number of benzene rings is 2. The van der Waals surface area contributed by atoms with Crippen molar-refractivity contribution in [2.45, 2.75) is 18.9 Å². The maximum atomic E-state index is 13.4. The van der Waals surface area contributed by atoms with Crippen molar-refractivity contribution in [3.63, 3.8) is 0 Å². The van der Waals surface area contributed by atoms with Gasteiger partial charge in [-0.2, -0.15) is 0 Å². The number of halogens is 1. The van der Waals surface area contributed by atoms with Crippen molar-refractivity contribution in [1.29, 1.82) is 0 Å². The van der Waals surface area contributed by atoms with Crippen LogP contribution in [-0.4, -0.2) is 42.7 Å². The standard InChI is InChI=1S/C26H30FN3O/c27-23-11-9-22(10-12-23)26(25-8-4-5-15-28-25)29-20-21-13-16-30(17-14-21)18-19-31-24-6-2-1-3-7-24/h1-12,15,21,26,29H,13-14,16-20H2/t26-/m1/s1. The molecule has 1 N–H and O–H groups in total. The Morgan fingerprint density at radius 1 is 0.968 bits per heavy atom. The molecule has 2 aromatic carbocycles. The van der Waals surface area contributed by atoms with Crippen molar-refractivity contribution >= 4 is 0 Å². The van der Waals surface area contributed by atoms with Crippen LogP contribution in [0.5, 0.6) is 5.75 Å². The molecular weight excluding hydrogens is 389 g/mol. The first-order chi connectivity index (χ1) is 15.3. The van der Waals surface area contributed by atoms with Gasteiger partial charge in [-0.1, -0.05) is 36.4 Å². The Morgan fingerprint density at radius 3 is 2.42 bits per heavy atom. The monoisotopic (exact) mass is 419 g/mol. The fourth-order valence-electron chi connectivity index (χ4n) is 4.10. The van der Waals surface area contributed by atoms with Crippen LogP contribution in [0.25, 0.3) is 0 Å². The van der Waals surface area contributed by atoms with Crippen LogP contribution in [0.1, 0.15) is 30.1 Å².